The highest BCUT2D eigenvalue weighted by Crippen LogP contribution is 2.18. The molecule has 1 aromatic carbocycles. The van der Waals surface area contributed by atoms with Gasteiger partial charge in [0.05, 0.1) is 12.2 Å². The number of halogens is 2. The van der Waals surface area contributed by atoms with Gasteiger partial charge in [0, 0.05) is 17.8 Å². The average molecular weight is 268 g/mol. The number of nitrogens with one attached hydrogen (secondary N) is 1. The Morgan fingerprint density at radius 2 is 2.22 bits per heavy atom. The first-order valence-corrected chi connectivity index (χ1v) is 6.24. The van der Waals surface area contributed by atoms with Gasteiger partial charge in [-0.2, -0.15) is 5.10 Å². The van der Waals surface area contributed by atoms with Crippen molar-refractivity contribution in [2.24, 2.45) is 0 Å². The van der Waals surface area contributed by atoms with Crippen LogP contribution in [0.1, 0.15) is 18.2 Å². The predicted molar refractivity (Wildman–Crippen MR) is 70.1 cm³/mol. The first-order valence-electron chi connectivity index (χ1n) is 5.86. The molecule has 0 saturated heterocycles. The monoisotopic (exact) mass is 267 g/mol. The van der Waals surface area contributed by atoms with Gasteiger partial charge in [-0.3, -0.25) is 4.68 Å². The van der Waals surface area contributed by atoms with Gasteiger partial charge in [0.15, 0.2) is 0 Å². The molecule has 0 bridgehead atoms. The van der Waals surface area contributed by atoms with Gasteiger partial charge in [-0.25, -0.2) is 4.39 Å². The number of benzene rings is 1. The van der Waals surface area contributed by atoms with Gasteiger partial charge in [0.25, 0.3) is 0 Å². The van der Waals surface area contributed by atoms with Crippen LogP contribution in [0, 0.1) is 5.82 Å². The Kier molecular flexibility index (Phi) is 4.33. The summed E-state index contributed by atoms with van der Waals surface area (Å²) in [6.45, 7) is 4.26. The van der Waals surface area contributed by atoms with Crippen LogP contribution in [0.4, 0.5) is 4.39 Å². The van der Waals surface area contributed by atoms with Crippen molar-refractivity contribution in [3.8, 4) is 0 Å². The Morgan fingerprint density at radius 1 is 1.39 bits per heavy atom. The van der Waals surface area contributed by atoms with E-state index in [1.165, 1.54) is 12.1 Å². The van der Waals surface area contributed by atoms with Gasteiger partial charge >= 0.3 is 0 Å². The number of aromatic nitrogens is 2. The molecule has 0 aliphatic heterocycles. The molecule has 18 heavy (non-hydrogen) atoms. The lowest BCUT2D eigenvalue weighted by Crippen LogP contribution is -2.12. The summed E-state index contributed by atoms with van der Waals surface area (Å²) in [6, 6.07) is 6.37. The zero-order chi connectivity index (χ0) is 13.0. The van der Waals surface area contributed by atoms with Crippen molar-refractivity contribution >= 4 is 11.6 Å². The maximum absolute atomic E-state index is 12.9. The Bertz CT molecular complexity index is 525. The second-order valence-corrected chi connectivity index (χ2v) is 4.43. The van der Waals surface area contributed by atoms with Crippen LogP contribution in [0.5, 0.6) is 0 Å². The summed E-state index contributed by atoms with van der Waals surface area (Å²) in [5.74, 6) is -0.322. The molecular formula is C13H15ClFN3. The third kappa shape index (κ3) is 3.31. The number of hydrogen-bond donors (Lipinski definition) is 1. The van der Waals surface area contributed by atoms with Crippen LogP contribution in [0.25, 0.3) is 0 Å². The smallest absolute Gasteiger partial charge is 0.124 e. The predicted octanol–water partition coefficient (Wildman–Crippen LogP) is 2.83. The van der Waals surface area contributed by atoms with Crippen LogP contribution in [0.3, 0.4) is 0 Å². The molecule has 0 unspecified atom stereocenters. The van der Waals surface area contributed by atoms with Crippen molar-refractivity contribution in [1.29, 1.82) is 0 Å². The third-order valence-electron chi connectivity index (χ3n) is 2.60. The van der Waals surface area contributed by atoms with E-state index in [1.807, 2.05) is 12.3 Å². The molecule has 2 aromatic rings. The van der Waals surface area contributed by atoms with Crippen molar-refractivity contribution in [2.45, 2.75) is 20.0 Å². The Hall–Kier alpha value is -1.39. The van der Waals surface area contributed by atoms with Crippen molar-refractivity contribution in [3.05, 3.63) is 52.6 Å². The summed E-state index contributed by atoms with van der Waals surface area (Å²) in [5.41, 5.74) is 1.84. The Labute approximate surface area is 111 Å². The maximum Gasteiger partial charge on any atom is 0.124 e. The van der Waals surface area contributed by atoms with Crippen LogP contribution in [-0.2, 0) is 13.1 Å². The molecule has 0 amide bonds. The van der Waals surface area contributed by atoms with Crippen LogP contribution in [0.15, 0.2) is 30.5 Å². The molecule has 0 saturated carbocycles. The molecule has 0 radical (unpaired) electrons. The lowest BCUT2D eigenvalue weighted by molar-refractivity contribution is 0.622. The molecule has 96 valence electrons. The molecule has 0 spiro atoms. The van der Waals surface area contributed by atoms with E-state index in [1.54, 1.807) is 10.7 Å². The summed E-state index contributed by atoms with van der Waals surface area (Å²) in [5, 5.41) is 8.05. The van der Waals surface area contributed by atoms with E-state index in [0.29, 0.717) is 11.6 Å². The second kappa shape index (κ2) is 5.98. The zero-order valence-corrected chi connectivity index (χ0v) is 10.9. The molecule has 1 heterocycles. The molecule has 1 aromatic heterocycles. The molecule has 2 rings (SSSR count). The van der Waals surface area contributed by atoms with Crippen LogP contribution >= 0.6 is 11.6 Å². The normalized spacial score (nSPS) is 10.8. The van der Waals surface area contributed by atoms with Gasteiger partial charge in [0.2, 0.25) is 0 Å². The number of rotatable bonds is 5. The first-order chi connectivity index (χ1) is 8.69. The highest BCUT2D eigenvalue weighted by atomic mass is 35.5. The van der Waals surface area contributed by atoms with Crippen molar-refractivity contribution in [2.75, 3.05) is 6.54 Å². The number of nitrogens with zero attached hydrogens (tertiary/aromatic N) is 2. The van der Waals surface area contributed by atoms with Crippen LogP contribution < -0.4 is 5.32 Å². The van der Waals surface area contributed by atoms with Crippen LogP contribution in [0.2, 0.25) is 5.02 Å². The van der Waals surface area contributed by atoms with Gasteiger partial charge in [-0.05, 0) is 30.3 Å². The quantitative estimate of drug-likeness (QED) is 0.903. The molecule has 0 fully saturated rings. The minimum atomic E-state index is -0.322. The Balaban J connectivity index is 2.06. The van der Waals surface area contributed by atoms with E-state index < -0.39 is 0 Å². The van der Waals surface area contributed by atoms with Crippen LogP contribution in [-0.4, -0.2) is 16.3 Å². The van der Waals surface area contributed by atoms with E-state index in [4.69, 9.17) is 11.6 Å². The van der Waals surface area contributed by atoms with Gasteiger partial charge in [0.1, 0.15) is 5.82 Å². The summed E-state index contributed by atoms with van der Waals surface area (Å²) in [7, 11) is 0. The summed E-state index contributed by atoms with van der Waals surface area (Å²) < 4.78 is 14.7. The van der Waals surface area contributed by atoms with Crippen molar-refractivity contribution in [3.63, 3.8) is 0 Å². The first kappa shape index (κ1) is 13.1. The highest BCUT2D eigenvalue weighted by molar-refractivity contribution is 6.31. The topological polar surface area (TPSA) is 29.9 Å². The molecule has 0 aliphatic carbocycles. The maximum atomic E-state index is 12.9. The number of hydrogen-bond acceptors (Lipinski definition) is 2. The lowest BCUT2D eigenvalue weighted by atomic mass is 10.2. The minimum absolute atomic E-state index is 0.322. The second-order valence-electron chi connectivity index (χ2n) is 4.02. The van der Waals surface area contributed by atoms with Crippen molar-refractivity contribution in [1.82, 2.24) is 15.1 Å². The summed E-state index contributed by atoms with van der Waals surface area (Å²) >= 11 is 5.98. The molecule has 0 aliphatic rings. The summed E-state index contributed by atoms with van der Waals surface area (Å²) in [6.07, 6.45) is 1.90. The van der Waals surface area contributed by atoms with Gasteiger partial charge < -0.3 is 5.32 Å². The standard InChI is InChI=1S/C13H15ClFN3/c1-2-16-8-12-5-6-18(17-12)9-10-3-4-11(15)7-13(10)14/h3-7,16H,2,8-9H2,1H3. The lowest BCUT2D eigenvalue weighted by Gasteiger charge is -2.04. The summed E-state index contributed by atoms with van der Waals surface area (Å²) in [4.78, 5) is 0. The fourth-order valence-electron chi connectivity index (χ4n) is 1.66. The largest absolute Gasteiger partial charge is 0.311 e. The molecule has 0 atom stereocenters. The molecule has 1 N–H and O–H groups in total. The van der Waals surface area contributed by atoms with Crippen molar-refractivity contribution < 1.29 is 4.39 Å². The van der Waals surface area contributed by atoms with Gasteiger partial charge in [-0.15, -0.1) is 0 Å². The zero-order valence-electron chi connectivity index (χ0n) is 10.2. The van der Waals surface area contributed by atoms with E-state index in [0.717, 1.165) is 24.3 Å². The Morgan fingerprint density at radius 3 is 2.94 bits per heavy atom. The molecular weight excluding hydrogens is 253 g/mol. The molecule has 5 heteroatoms. The van der Waals surface area contributed by atoms with E-state index >= 15 is 0 Å². The average Bonchev–Trinajstić information content (AvgIpc) is 2.78. The van der Waals surface area contributed by atoms with E-state index in [2.05, 4.69) is 17.3 Å². The SMILES string of the molecule is CCNCc1ccn(Cc2ccc(F)cc2Cl)n1. The highest BCUT2D eigenvalue weighted by Gasteiger charge is 2.04. The molecule has 3 nitrogen and oxygen atoms in total. The van der Waals surface area contributed by atoms with E-state index in [9.17, 15) is 4.39 Å². The van der Waals surface area contributed by atoms with Gasteiger partial charge in [-0.1, -0.05) is 24.6 Å². The minimum Gasteiger partial charge on any atom is -0.311 e. The van der Waals surface area contributed by atoms with E-state index in [-0.39, 0.29) is 5.82 Å². The third-order valence-corrected chi connectivity index (χ3v) is 2.95. The fourth-order valence-corrected chi connectivity index (χ4v) is 1.89. The fraction of sp³-hybridized carbons (Fsp3) is 0.308.